The molecule has 0 amide bonds. The molecule has 37 heavy (non-hydrogen) atoms. The third-order valence-corrected chi connectivity index (χ3v) is 8.30. The zero-order valence-corrected chi connectivity index (χ0v) is 22.3. The molecule has 2 aromatic carbocycles. The molecule has 6 rings (SSSR count). The summed E-state index contributed by atoms with van der Waals surface area (Å²) in [5, 5.41) is 8.59. The second-order valence-electron chi connectivity index (χ2n) is 10.8. The van der Waals surface area contributed by atoms with Gasteiger partial charge in [-0.05, 0) is 57.5 Å². The Bertz CT molecular complexity index is 1500. The van der Waals surface area contributed by atoms with Gasteiger partial charge in [-0.3, -0.25) is 5.10 Å². The number of aromatic amines is 1. The standard InChI is InChI=1S/C27H32ClFN8/c1-14-8-9-15(2)37(11-14)26-18-10-19(28)21(17-6-5-7-20-22(17)25(30)34-33-20)23(29)24(18)31-27(32-26)36-12-16(13-36)35(3)4/h5-7,10,14-16H,8-9,11-13H2,1-4H3,(H3,30,33,34)/t14-,15-/m0/s1. The molecule has 0 spiro atoms. The topological polar surface area (TPSA) is 90.2 Å². The largest absolute Gasteiger partial charge is 0.382 e. The molecule has 2 aliphatic rings. The summed E-state index contributed by atoms with van der Waals surface area (Å²) in [5.74, 6) is 1.66. The number of fused-ring (bicyclic) bond motifs is 2. The highest BCUT2D eigenvalue weighted by Crippen LogP contribution is 2.43. The Labute approximate surface area is 220 Å². The molecule has 3 N–H and O–H groups in total. The number of hydrogen-bond donors (Lipinski definition) is 2. The van der Waals surface area contributed by atoms with Gasteiger partial charge in [0, 0.05) is 42.7 Å². The molecule has 2 fully saturated rings. The Morgan fingerprint density at radius 1 is 1.14 bits per heavy atom. The van der Waals surface area contributed by atoms with Crippen LogP contribution in [0.1, 0.15) is 26.7 Å². The minimum atomic E-state index is -0.470. The molecule has 0 bridgehead atoms. The normalized spacial score (nSPS) is 20.8. The number of halogens is 2. The molecular formula is C27H32ClFN8. The van der Waals surface area contributed by atoms with Crippen molar-refractivity contribution in [3.05, 3.63) is 35.1 Å². The van der Waals surface area contributed by atoms with E-state index in [4.69, 9.17) is 27.3 Å². The van der Waals surface area contributed by atoms with Crippen LogP contribution in [0.2, 0.25) is 5.02 Å². The lowest BCUT2D eigenvalue weighted by atomic mass is 9.94. The van der Waals surface area contributed by atoms with Crippen LogP contribution in [0.5, 0.6) is 0 Å². The Morgan fingerprint density at radius 2 is 1.92 bits per heavy atom. The Hall–Kier alpha value is -3.17. The van der Waals surface area contributed by atoms with Crippen LogP contribution < -0.4 is 15.5 Å². The fourth-order valence-corrected chi connectivity index (χ4v) is 5.90. The fourth-order valence-electron chi connectivity index (χ4n) is 5.61. The van der Waals surface area contributed by atoms with Crippen molar-refractivity contribution in [3.63, 3.8) is 0 Å². The number of piperidine rings is 1. The summed E-state index contributed by atoms with van der Waals surface area (Å²) in [5.41, 5.74) is 8.02. The molecule has 194 valence electrons. The van der Waals surface area contributed by atoms with E-state index in [2.05, 4.69) is 52.8 Å². The number of H-pyrrole nitrogens is 1. The van der Waals surface area contributed by atoms with Gasteiger partial charge in [-0.15, -0.1) is 0 Å². The number of anilines is 3. The number of nitrogens with zero attached hydrogens (tertiary/aromatic N) is 6. The molecule has 2 aromatic heterocycles. The molecule has 0 unspecified atom stereocenters. The van der Waals surface area contributed by atoms with Gasteiger partial charge >= 0.3 is 0 Å². The van der Waals surface area contributed by atoms with E-state index in [1.165, 1.54) is 6.42 Å². The zero-order valence-electron chi connectivity index (χ0n) is 21.6. The van der Waals surface area contributed by atoms with Crippen molar-refractivity contribution in [3.8, 4) is 11.1 Å². The summed E-state index contributed by atoms with van der Waals surface area (Å²) >= 11 is 6.83. The molecule has 10 heteroatoms. The van der Waals surface area contributed by atoms with Crippen molar-refractivity contribution in [1.29, 1.82) is 0 Å². The minimum absolute atomic E-state index is 0.275. The summed E-state index contributed by atoms with van der Waals surface area (Å²) in [6.07, 6.45) is 2.23. The second-order valence-corrected chi connectivity index (χ2v) is 11.2. The summed E-state index contributed by atoms with van der Waals surface area (Å²) < 4.78 is 16.6. The van der Waals surface area contributed by atoms with Crippen molar-refractivity contribution in [1.82, 2.24) is 25.1 Å². The number of aromatic nitrogens is 4. The molecule has 2 saturated heterocycles. The van der Waals surface area contributed by atoms with E-state index in [0.29, 0.717) is 45.1 Å². The first-order valence-electron chi connectivity index (χ1n) is 12.8. The summed E-state index contributed by atoms with van der Waals surface area (Å²) in [4.78, 5) is 16.4. The van der Waals surface area contributed by atoms with Gasteiger partial charge in [-0.2, -0.15) is 10.1 Å². The van der Waals surface area contributed by atoms with E-state index in [1.807, 2.05) is 24.3 Å². The fraction of sp³-hybridized carbons (Fsp3) is 0.444. The minimum Gasteiger partial charge on any atom is -0.382 e. The third-order valence-electron chi connectivity index (χ3n) is 8.00. The smallest absolute Gasteiger partial charge is 0.228 e. The van der Waals surface area contributed by atoms with Gasteiger partial charge in [0.1, 0.15) is 11.3 Å². The molecule has 2 aliphatic heterocycles. The molecular weight excluding hydrogens is 491 g/mol. The van der Waals surface area contributed by atoms with Gasteiger partial charge in [0.15, 0.2) is 11.6 Å². The highest BCUT2D eigenvalue weighted by Gasteiger charge is 2.33. The molecule has 0 saturated carbocycles. The molecule has 0 radical (unpaired) electrons. The SMILES string of the molecule is C[C@H]1CC[C@H](C)N(c2nc(N3CC(N(C)C)C3)nc3c(F)c(-c4cccc5[nH]nc(N)c45)c(Cl)cc23)C1. The lowest BCUT2D eigenvalue weighted by molar-refractivity contribution is 0.245. The van der Waals surface area contributed by atoms with Gasteiger partial charge in [0.05, 0.1) is 15.9 Å². The molecule has 2 atom stereocenters. The van der Waals surface area contributed by atoms with Crippen LogP contribution in [0, 0.1) is 11.7 Å². The number of nitrogens with two attached hydrogens (primary N) is 1. The Morgan fingerprint density at radius 3 is 2.68 bits per heavy atom. The van der Waals surface area contributed by atoms with Gasteiger partial charge in [-0.25, -0.2) is 9.37 Å². The molecule has 4 heterocycles. The average molecular weight is 523 g/mol. The van der Waals surface area contributed by atoms with Gasteiger partial charge in [-0.1, -0.05) is 30.7 Å². The maximum Gasteiger partial charge on any atom is 0.228 e. The van der Waals surface area contributed by atoms with Crippen LogP contribution >= 0.6 is 11.6 Å². The molecule has 0 aliphatic carbocycles. The van der Waals surface area contributed by atoms with Crippen molar-refractivity contribution >= 4 is 51.0 Å². The highest BCUT2D eigenvalue weighted by molar-refractivity contribution is 6.35. The van der Waals surface area contributed by atoms with Gasteiger partial charge in [0.25, 0.3) is 0 Å². The Kier molecular flexibility index (Phi) is 5.88. The summed E-state index contributed by atoms with van der Waals surface area (Å²) in [6.45, 7) is 6.92. The van der Waals surface area contributed by atoms with Crippen LogP contribution in [-0.4, -0.2) is 70.9 Å². The van der Waals surface area contributed by atoms with Crippen molar-refractivity contribution < 1.29 is 4.39 Å². The zero-order chi connectivity index (χ0) is 26.0. The van der Waals surface area contributed by atoms with Crippen LogP contribution in [-0.2, 0) is 0 Å². The van der Waals surface area contributed by atoms with E-state index in [9.17, 15) is 0 Å². The molecule has 8 nitrogen and oxygen atoms in total. The second kappa shape index (κ2) is 8.99. The number of likely N-dealkylation sites (N-methyl/N-ethyl adjacent to an activating group) is 1. The van der Waals surface area contributed by atoms with Crippen molar-refractivity contribution in [2.75, 3.05) is 49.3 Å². The first-order valence-corrected chi connectivity index (χ1v) is 13.2. The Balaban J connectivity index is 1.57. The number of rotatable bonds is 4. The first-order chi connectivity index (χ1) is 17.7. The third kappa shape index (κ3) is 3.95. The number of hydrogen-bond acceptors (Lipinski definition) is 7. The first kappa shape index (κ1) is 24.2. The lowest BCUT2D eigenvalue weighted by Gasteiger charge is -2.43. The van der Waals surface area contributed by atoms with Crippen LogP contribution in [0.4, 0.5) is 22.0 Å². The van der Waals surface area contributed by atoms with Crippen molar-refractivity contribution in [2.24, 2.45) is 5.92 Å². The lowest BCUT2D eigenvalue weighted by Crippen LogP contribution is -2.58. The van der Waals surface area contributed by atoms with Gasteiger partial charge in [0.2, 0.25) is 5.95 Å². The van der Waals surface area contributed by atoms with Crippen molar-refractivity contribution in [2.45, 2.75) is 38.8 Å². The van der Waals surface area contributed by atoms with Gasteiger partial charge < -0.3 is 20.4 Å². The number of benzene rings is 2. The predicted molar refractivity (Wildman–Crippen MR) is 149 cm³/mol. The van der Waals surface area contributed by atoms with E-state index in [0.717, 1.165) is 37.4 Å². The predicted octanol–water partition coefficient (Wildman–Crippen LogP) is 4.92. The number of nitrogens with one attached hydrogen (secondary N) is 1. The maximum atomic E-state index is 16.6. The number of nitrogen functional groups attached to an aromatic ring is 1. The monoisotopic (exact) mass is 522 g/mol. The molecule has 4 aromatic rings. The highest BCUT2D eigenvalue weighted by atomic mass is 35.5. The van der Waals surface area contributed by atoms with E-state index >= 15 is 4.39 Å². The van der Waals surface area contributed by atoms with E-state index in [1.54, 1.807) is 0 Å². The van der Waals surface area contributed by atoms with E-state index in [-0.39, 0.29) is 17.1 Å². The summed E-state index contributed by atoms with van der Waals surface area (Å²) in [6, 6.07) is 8.03. The van der Waals surface area contributed by atoms with Crippen LogP contribution in [0.15, 0.2) is 24.3 Å². The van der Waals surface area contributed by atoms with Crippen LogP contribution in [0.3, 0.4) is 0 Å². The summed E-state index contributed by atoms with van der Waals surface area (Å²) in [7, 11) is 4.14. The maximum absolute atomic E-state index is 16.6. The van der Waals surface area contributed by atoms with Crippen LogP contribution in [0.25, 0.3) is 32.9 Å². The quantitative estimate of drug-likeness (QED) is 0.393. The average Bonchev–Trinajstić information content (AvgIpc) is 3.21. The van der Waals surface area contributed by atoms with E-state index < -0.39 is 5.82 Å².